The van der Waals surface area contributed by atoms with Gasteiger partial charge in [-0.25, -0.2) is 15.0 Å². The van der Waals surface area contributed by atoms with E-state index in [1.54, 1.807) is 0 Å². The van der Waals surface area contributed by atoms with E-state index in [0.29, 0.717) is 29.6 Å². The first-order chi connectivity index (χ1) is 29.2. The highest BCUT2D eigenvalue weighted by Gasteiger charge is 2.34. The molecule has 0 saturated heterocycles. The second-order valence-corrected chi connectivity index (χ2v) is 14.8. The number of benzene rings is 8. The van der Waals surface area contributed by atoms with Crippen LogP contribution >= 0.6 is 0 Å². The molecule has 0 N–H and O–H groups in total. The number of anilines is 1. The zero-order chi connectivity index (χ0) is 39.3. The van der Waals surface area contributed by atoms with Gasteiger partial charge in [0.25, 0.3) is 5.91 Å². The largest absolute Gasteiger partial charge is 0.308 e. The molecule has 0 saturated carbocycles. The highest BCUT2D eigenvalue weighted by atomic mass is 16.2. The van der Waals surface area contributed by atoms with Crippen LogP contribution in [0, 0.1) is 0 Å². The average molecular weight is 758 g/mol. The van der Waals surface area contributed by atoms with Crippen molar-refractivity contribution in [2.75, 3.05) is 4.90 Å². The molecule has 2 aromatic heterocycles. The van der Waals surface area contributed by atoms with Gasteiger partial charge in [0.15, 0.2) is 17.5 Å². The van der Waals surface area contributed by atoms with E-state index in [2.05, 4.69) is 120 Å². The van der Waals surface area contributed by atoms with Crippen LogP contribution in [0.3, 0.4) is 0 Å². The minimum Gasteiger partial charge on any atom is -0.308 e. The van der Waals surface area contributed by atoms with Gasteiger partial charge in [-0.1, -0.05) is 158 Å². The fourth-order valence-electron chi connectivity index (χ4n) is 8.46. The normalized spacial score (nSPS) is 12.3. The molecular weight excluding hydrogens is 723 g/mol. The standard InChI is InChI=1S/C53H35N5O/c59-53-49-41(34-57(53)45-30-28-39(35-16-5-1-6-17-35)32-43(45)36-18-7-2-8-19-36)24-15-27-48(49)58-46-26-14-13-25-42(46)44-33-40(29-31-47(44)58)52-55-50(37-20-9-3-10-21-37)54-51(56-52)38-22-11-4-12-23-38/h1-33H,34H2. The molecule has 59 heavy (non-hydrogen) atoms. The molecule has 0 spiro atoms. The van der Waals surface area contributed by atoms with Crippen LogP contribution in [-0.4, -0.2) is 25.4 Å². The van der Waals surface area contributed by atoms with Crippen LogP contribution in [0.25, 0.3) is 83.9 Å². The lowest BCUT2D eigenvalue weighted by Gasteiger charge is -2.21. The summed E-state index contributed by atoms with van der Waals surface area (Å²) in [6.07, 6.45) is 0. The van der Waals surface area contributed by atoms with Gasteiger partial charge < -0.3 is 9.47 Å². The third-order valence-electron chi connectivity index (χ3n) is 11.3. The molecule has 1 aliphatic rings. The number of rotatable bonds is 7. The Hall–Kier alpha value is -7.96. The maximum absolute atomic E-state index is 15.0. The molecule has 0 fully saturated rings. The molecule has 6 nitrogen and oxygen atoms in total. The number of para-hydroxylation sites is 1. The van der Waals surface area contributed by atoms with Gasteiger partial charge in [-0.05, 0) is 64.7 Å². The topological polar surface area (TPSA) is 63.9 Å². The van der Waals surface area contributed by atoms with E-state index in [1.807, 2.05) is 89.8 Å². The summed E-state index contributed by atoms with van der Waals surface area (Å²) in [5.41, 5.74) is 12.5. The second-order valence-electron chi connectivity index (χ2n) is 14.8. The highest BCUT2D eigenvalue weighted by Crippen LogP contribution is 2.42. The van der Waals surface area contributed by atoms with E-state index in [1.165, 1.54) is 0 Å². The summed E-state index contributed by atoms with van der Waals surface area (Å²) in [5, 5.41) is 2.12. The molecule has 1 amide bonds. The van der Waals surface area contributed by atoms with Crippen LogP contribution in [0.4, 0.5) is 5.69 Å². The van der Waals surface area contributed by atoms with Crippen LogP contribution in [0.1, 0.15) is 15.9 Å². The van der Waals surface area contributed by atoms with Gasteiger partial charge in [0.2, 0.25) is 0 Å². The number of amides is 1. The lowest BCUT2D eigenvalue weighted by Crippen LogP contribution is -2.24. The fraction of sp³-hybridized carbons (Fsp3) is 0.0189. The van der Waals surface area contributed by atoms with Gasteiger partial charge in [0.05, 0.1) is 34.5 Å². The molecule has 0 aliphatic carbocycles. The Morgan fingerprint density at radius 3 is 1.59 bits per heavy atom. The zero-order valence-corrected chi connectivity index (χ0v) is 31.9. The summed E-state index contributed by atoms with van der Waals surface area (Å²) in [6.45, 7) is 0.473. The summed E-state index contributed by atoms with van der Waals surface area (Å²) in [7, 11) is 0. The van der Waals surface area contributed by atoms with E-state index in [0.717, 1.165) is 77.7 Å². The van der Waals surface area contributed by atoms with Crippen LogP contribution in [0.5, 0.6) is 0 Å². The van der Waals surface area contributed by atoms with Gasteiger partial charge in [-0.15, -0.1) is 0 Å². The second kappa shape index (κ2) is 14.2. The fourth-order valence-corrected chi connectivity index (χ4v) is 8.46. The summed E-state index contributed by atoms with van der Waals surface area (Å²) in [4.78, 5) is 31.8. The van der Waals surface area contributed by atoms with Crippen LogP contribution in [0.15, 0.2) is 200 Å². The third kappa shape index (κ3) is 5.97. The lowest BCUT2D eigenvalue weighted by atomic mass is 9.97. The Morgan fingerprint density at radius 1 is 0.390 bits per heavy atom. The molecule has 10 aromatic rings. The quantitative estimate of drug-likeness (QED) is 0.162. The van der Waals surface area contributed by atoms with Gasteiger partial charge >= 0.3 is 0 Å². The van der Waals surface area contributed by atoms with E-state index in [4.69, 9.17) is 15.0 Å². The number of carbonyl (C=O) groups is 1. The Bertz CT molecular complexity index is 3140. The maximum atomic E-state index is 15.0. The predicted molar refractivity (Wildman–Crippen MR) is 238 cm³/mol. The van der Waals surface area contributed by atoms with Crippen molar-refractivity contribution < 1.29 is 4.79 Å². The first-order valence-corrected chi connectivity index (χ1v) is 19.8. The highest BCUT2D eigenvalue weighted by molar-refractivity contribution is 6.16. The smallest absolute Gasteiger partial charge is 0.261 e. The van der Waals surface area contributed by atoms with E-state index >= 15 is 0 Å². The Balaban J connectivity index is 1.04. The van der Waals surface area contributed by atoms with Crippen LogP contribution in [-0.2, 0) is 6.54 Å². The molecule has 8 aromatic carbocycles. The third-order valence-corrected chi connectivity index (χ3v) is 11.3. The molecule has 6 heteroatoms. The molecule has 0 radical (unpaired) electrons. The summed E-state index contributed by atoms with van der Waals surface area (Å²) in [5.74, 6) is 1.81. The number of fused-ring (bicyclic) bond motifs is 4. The van der Waals surface area contributed by atoms with Crippen molar-refractivity contribution in [3.63, 3.8) is 0 Å². The van der Waals surface area contributed by atoms with Crippen LogP contribution < -0.4 is 4.90 Å². The van der Waals surface area contributed by atoms with Gasteiger partial charge in [0, 0.05) is 33.0 Å². The molecule has 0 bridgehead atoms. The van der Waals surface area contributed by atoms with Crippen molar-refractivity contribution in [2.45, 2.75) is 6.54 Å². The van der Waals surface area contributed by atoms with Gasteiger partial charge in [-0.3, -0.25) is 4.79 Å². The number of aromatic nitrogens is 4. The summed E-state index contributed by atoms with van der Waals surface area (Å²) < 4.78 is 2.24. The molecule has 0 unspecified atom stereocenters. The number of carbonyl (C=O) groups excluding carboxylic acids is 1. The van der Waals surface area contributed by atoms with Gasteiger partial charge in [-0.2, -0.15) is 0 Å². The van der Waals surface area contributed by atoms with Crippen molar-refractivity contribution >= 4 is 33.4 Å². The Morgan fingerprint density at radius 2 is 0.932 bits per heavy atom. The summed E-state index contributed by atoms with van der Waals surface area (Å²) >= 11 is 0. The molecule has 1 aliphatic heterocycles. The van der Waals surface area contributed by atoms with E-state index in [-0.39, 0.29) is 5.91 Å². The summed E-state index contributed by atoms with van der Waals surface area (Å²) in [6, 6.07) is 68.2. The maximum Gasteiger partial charge on any atom is 0.261 e. The predicted octanol–water partition coefficient (Wildman–Crippen LogP) is 12.5. The molecular formula is C53H35N5O. The molecule has 3 heterocycles. The lowest BCUT2D eigenvalue weighted by molar-refractivity contribution is 0.0996. The first-order valence-electron chi connectivity index (χ1n) is 19.8. The zero-order valence-electron chi connectivity index (χ0n) is 31.9. The minimum absolute atomic E-state index is 0.0186. The van der Waals surface area contributed by atoms with E-state index < -0.39 is 0 Å². The number of hydrogen-bond acceptors (Lipinski definition) is 4. The van der Waals surface area contributed by atoms with Gasteiger partial charge in [0.1, 0.15) is 0 Å². The van der Waals surface area contributed by atoms with Crippen LogP contribution in [0.2, 0.25) is 0 Å². The monoisotopic (exact) mass is 757 g/mol. The van der Waals surface area contributed by atoms with Crippen molar-refractivity contribution in [3.8, 4) is 62.1 Å². The molecule has 278 valence electrons. The molecule has 0 atom stereocenters. The Labute approximate surface area is 341 Å². The van der Waals surface area contributed by atoms with Crippen molar-refractivity contribution in [1.82, 2.24) is 19.5 Å². The van der Waals surface area contributed by atoms with E-state index in [9.17, 15) is 4.79 Å². The van der Waals surface area contributed by atoms with Crippen molar-refractivity contribution in [3.05, 3.63) is 211 Å². The average Bonchev–Trinajstić information content (AvgIpc) is 3.83. The first kappa shape index (κ1) is 34.3. The number of nitrogens with zero attached hydrogens (tertiary/aromatic N) is 5. The van der Waals surface area contributed by atoms with Crippen molar-refractivity contribution in [2.24, 2.45) is 0 Å². The minimum atomic E-state index is -0.0186. The Kier molecular flexibility index (Phi) is 8.26. The molecule has 11 rings (SSSR count). The SMILES string of the molecule is O=C1c2c(cccc2-n2c3ccccc3c3cc(-c4nc(-c5ccccc5)nc(-c5ccccc5)n4)ccc32)CN1c1ccc(-c2ccccc2)cc1-c1ccccc1. The van der Waals surface area contributed by atoms with Crippen molar-refractivity contribution in [1.29, 1.82) is 0 Å². The number of hydrogen-bond donors (Lipinski definition) is 0.